The number of benzene rings is 2. The summed E-state index contributed by atoms with van der Waals surface area (Å²) in [6.07, 6.45) is 0. The summed E-state index contributed by atoms with van der Waals surface area (Å²) >= 11 is 3.14. The lowest BCUT2D eigenvalue weighted by Crippen LogP contribution is -2.02. The van der Waals surface area contributed by atoms with Crippen LogP contribution in [0.1, 0.15) is 11.1 Å². The maximum atomic E-state index is 13.4. The highest BCUT2D eigenvalue weighted by Gasteiger charge is 2.12. The average molecular weight is 339 g/mol. The van der Waals surface area contributed by atoms with Crippen LogP contribution in [0.5, 0.6) is 0 Å². The molecule has 0 heterocycles. The van der Waals surface area contributed by atoms with Gasteiger partial charge in [0, 0.05) is 23.9 Å². The van der Waals surface area contributed by atoms with Crippen molar-refractivity contribution >= 4 is 27.3 Å². The van der Waals surface area contributed by atoms with Crippen LogP contribution in [0.25, 0.3) is 0 Å². The molecular formula is C14H12BrFN2O2. The van der Waals surface area contributed by atoms with Crippen molar-refractivity contribution in [1.82, 2.24) is 0 Å². The highest BCUT2D eigenvalue weighted by Crippen LogP contribution is 2.26. The monoisotopic (exact) mass is 338 g/mol. The predicted octanol–water partition coefficient (Wildman–Crippen LogP) is 4.42. The highest BCUT2D eigenvalue weighted by atomic mass is 79.9. The SMILES string of the molecule is Cc1c(F)cccc1NCc1ccc(Br)c([N+](=O)[O-])c1. The van der Waals surface area contributed by atoms with Gasteiger partial charge in [-0.1, -0.05) is 12.1 Å². The predicted molar refractivity (Wildman–Crippen MR) is 79.3 cm³/mol. The van der Waals surface area contributed by atoms with Crippen LogP contribution in [0, 0.1) is 22.9 Å². The molecule has 0 saturated carbocycles. The van der Waals surface area contributed by atoms with Crippen LogP contribution in [0.2, 0.25) is 0 Å². The van der Waals surface area contributed by atoms with Crippen molar-refractivity contribution in [2.75, 3.05) is 5.32 Å². The van der Waals surface area contributed by atoms with Gasteiger partial charge in [-0.2, -0.15) is 0 Å². The first kappa shape index (κ1) is 14.5. The molecule has 104 valence electrons. The van der Waals surface area contributed by atoms with E-state index in [9.17, 15) is 14.5 Å². The normalized spacial score (nSPS) is 10.3. The molecule has 0 saturated heterocycles. The van der Waals surface area contributed by atoms with E-state index in [2.05, 4.69) is 21.2 Å². The number of nitro groups is 1. The Labute approximate surface area is 123 Å². The second-order valence-corrected chi connectivity index (χ2v) is 5.16. The molecule has 0 unspecified atom stereocenters. The Kier molecular flexibility index (Phi) is 4.34. The quantitative estimate of drug-likeness (QED) is 0.663. The second kappa shape index (κ2) is 6.00. The molecule has 0 bridgehead atoms. The highest BCUT2D eigenvalue weighted by molar-refractivity contribution is 9.10. The van der Waals surface area contributed by atoms with E-state index >= 15 is 0 Å². The van der Waals surface area contributed by atoms with Gasteiger partial charge in [0.15, 0.2) is 0 Å². The van der Waals surface area contributed by atoms with Gasteiger partial charge in [-0.3, -0.25) is 10.1 Å². The van der Waals surface area contributed by atoms with Gasteiger partial charge < -0.3 is 5.32 Å². The zero-order valence-electron chi connectivity index (χ0n) is 10.7. The average Bonchev–Trinajstić information content (AvgIpc) is 2.41. The van der Waals surface area contributed by atoms with Crippen LogP contribution in [0.15, 0.2) is 40.9 Å². The first-order chi connectivity index (χ1) is 9.49. The summed E-state index contributed by atoms with van der Waals surface area (Å²) in [6.45, 7) is 2.07. The van der Waals surface area contributed by atoms with Crippen molar-refractivity contribution in [2.45, 2.75) is 13.5 Å². The van der Waals surface area contributed by atoms with Crippen LogP contribution in [-0.2, 0) is 6.54 Å². The van der Waals surface area contributed by atoms with E-state index in [1.165, 1.54) is 12.1 Å². The number of nitrogens with one attached hydrogen (secondary N) is 1. The summed E-state index contributed by atoms with van der Waals surface area (Å²) < 4.78 is 13.8. The van der Waals surface area contributed by atoms with Crippen LogP contribution in [-0.4, -0.2) is 4.92 Å². The van der Waals surface area contributed by atoms with Crippen molar-refractivity contribution in [1.29, 1.82) is 0 Å². The molecule has 0 aromatic heterocycles. The fraction of sp³-hybridized carbons (Fsp3) is 0.143. The smallest absolute Gasteiger partial charge is 0.283 e. The topological polar surface area (TPSA) is 55.2 Å². The van der Waals surface area contributed by atoms with Gasteiger partial charge in [0.25, 0.3) is 5.69 Å². The third kappa shape index (κ3) is 3.14. The summed E-state index contributed by atoms with van der Waals surface area (Å²) in [7, 11) is 0. The molecule has 0 aliphatic rings. The minimum absolute atomic E-state index is 0.0141. The molecule has 0 amide bonds. The molecule has 0 atom stereocenters. The number of hydrogen-bond acceptors (Lipinski definition) is 3. The number of halogens is 2. The van der Waals surface area contributed by atoms with E-state index in [1.54, 1.807) is 31.2 Å². The first-order valence-corrected chi connectivity index (χ1v) is 6.70. The summed E-state index contributed by atoms with van der Waals surface area (Å²) in [6, 6.07) is 9.68. The van der Waals surface area contributed by atoms with Gasteiger partial charge in [-0.05, 0) is 46.6 Å². The fourth-order valence-electron chi connectivity index (χ4n) is 1.80. The maximum Gasteiger partial charge on any atom is 0.283 e. The van der Waals surface area contributed by atoms with E-state index in [4.69, 9.17) is 0 Å². The zero-order chi connectivity index (χ0) is 14.7. The molecule has 2 aromatic carbocycles. The van der Waals surface area contributed by atoms with Crippen molar-refractivity contribution in [2.24, 2.45) is 0 Å². The van der Waals surface area contributed by atoms with E-state index in [1.807, 2.05) is 0 Å². The molecule has 0 radical (unpaired) electrons. The standard InChI is InChI=1S/C14H12BrFN2O2/c1-9-12(16)3-2-4-13(9)17-8-10-5-6-11(15)14(7-10)18(19)20/h2-7,17H,8H2,1H3. The van der Waals surface area contributed by atoms with Gasteiger partial charge in [0.1, 0.15) is 5.82 Å². The summed E-state index contributed by atoms with van der Waals surface area (Å²) in [4.78, 5) is 10.4. The third-order valence-corrected chi connectivity index (χ3v) is 3.63. The Bertz CT molecular complexity index is 662. The van der Waals surface area contributed by atoms with Gasteiger partial charge in [-0.25, -0.2) is 4.39 Å². The summed E-state index contributed by atoms with van der Waals surface area (Å²) in [5.74, 6) is -0.281. The molecule has 0 aliphatic heterocycles. The summed E-state index contributed by atoms with van der Waals surface area (Å²) in [5.41, 5.74) is 1.97. The van der Waals surface area contributed by atoms with Gasteiger partial charge in [0.05, 0.1) is 9.40 Å². The van der Waals surface area contributed by atoms with Gasteiger partial charge in [0.2, 0.25) is 0 Å². The Balaban J connectivity index is 2.17. The van der Waals surface area contributed by atoms with Crippen LogP contribution >= 0.6 is 15.9 Å². The fourth-order valence-corrected chi connectivity index (χ4v) is 2.20. The van der Waals surface area contributed by atoms with Crippen LogP contribution in [0.3, 0.4) is 0 Å². The molecule has 0 fully saturated rings. The van der Waals surface area contributed by atoms with Crippen LogP contribution < -0.4 is 5.32 Å². The van der Waals surface area contributed by atoms with E-state index in [0.717, 1.165) is 5.56 Å². The minimum atomic E-state index is -0.443. The van der Waals surface area contributed by atoms with E-state index < -0.39 is 4.92 Å². The lowest BCUT2D eigenvalue weighted by molar-refractivity contribution is -0.385. The number of nitrogens with zero attached hydrogens (tertiary/aromatic N) is 1. The largest absolute Gasteiger partial charge is 0.381 e. The second-order valence-electron chi connectivity index (χ2n) is 4.31. The molecule has 1 N–H and O–H groups in total. The number of anilines is 1. The molecule has 0 spiro atoms. The zero-order valence-corrected chi connectivity index (χ0v) is 12.3. The van der Waals surface area contributed by atoms with Crippen LogP contribution in [0.4, 0.5) is 15.8 Å². The summed E-state index contributed by atoms with van der Waals surface area (Å²) in [5, 5.41) is 13.9. The molecule has 6 heteroatoms. The lowest BCUT2D eigenvalue weighted by Gasteiger charge is -2.10. The number of nitro benzene ring substituents is 1. The van der Waals surface area contributed by atoms with Crippen molar-refractivity contribution in [3.05, 3.63) is 67.9 Å². The lowest BCUT2D eigenvalue weighted by atomic mass is 10.1. The van der Waals surface area contributed by atoms with Crippen molar-refractivity contribution < 1.29 is 9.31 Å². The third-order valence-electron chi connectivity index (χ3n) is 2.96. The van der Waals surface area contributed by atoms with Gasteiger partial charge >= 0.3 is 0 Å². The number of rotatable bonds is 4. The Morgan fingerprint density at radius 3 is 2.80 bits per heavy atom. The van der Waals surface area contributed by atoms with E-state index in [0.29, 0.717) is 22.3 Å². The molecule has 20 heavy (non-hydrogen) atoms. The Hall–Kier alpha value is -1.95. The first-order valence-electron chi connectivity index (χ1n) is 5.91. The molecule has 2 aromatic rings. The Morgan fingerprint density at radius 1 is 1.35 bits per heavy atom. The van der Waals surface area contributed by atoms with E-state index in [-0.39, 0.29) is 11.5 Å². The Morgan fingerprint density at radius 2 is 2.10 bits per heavy atom. The maximum absolute atomic E-state index is 13.4. The minimum Gasteiger partial charge on any atom is -0.381 e. The molecule has 4 nitrogen and oxygen atoms in total. The van der Waals surface area contributed by atoms with Crippen molar-refractivity contribution in [3.8, 4) is 0 Å². The number of hydrogen-bond donors (Lipinski definition) is 1. The van der Waals surface area contributed by atoms with Gasteiger partial charge in [-0.15, -0.1) is 0 Å². The molecular weight excluding hydrogens is 327 g/mol. The van der Waals surface area contributed by atoms with Crippen molar-refractivity contribution in [3.63, 3.8) is 0 Å². The molecule has 2 rings (SSSR count). The molecule has 0 aliphatic carbocycles.